The van der Waals surface area contributed by atoms with Crippen LogP contribution in [0.25, 0.3) is 0 Å². The zero-order chi connectivity index (χ0) is 19.9. The molecule has 0 spiro atoms. The van der Waals surface area contributed by atoms with Crippen molar-refractivity contribution in [3.63, 3.8) is 0 Å². The summed E-state index contributed by atoms with van der Waals surface area (Å²) in [6, 6.07) is 11.4. The number of anilines is 2. The van der Waals surface area contributed by atoms with E-state index in [4.69, 9.17) is 0 Å². The summed E-state index contributed by atoms with van der Waals surface area (Å²) in [6.07, 6.45) is 1.98. The van der Waals surface area contributed by atoms with E-state index in [0.29, 0.717) is 16.9 Å². The molecule has 1 fully saturated rings. The Hall–Kier alpha value is -3.42. The van der Waals surface area contributed by atoms with Crippen LogP contribution >= 0.6 is 0 Å². The fourth-order valence-electron chi connectivity index (χ4n) is 2.92. The van der Waals surface area contributed by atoms with Crippen molar-refractivity contribution in [2.24, 2.45) is 0 Å². The van der Waals surface area contributed by atoms with Crippen molar-refractivity contribution < 1.29 is 18.8 Å². The van der Waals surface area contributed by atoms with Crippen molar-refractivity contribution in [3.8, 4) is 0 Å². The first-order valence-electron chi connectivity index (χ1n) is 9.01. The van der Waals surface area contributed by atoms with Crippen LogP contribution in [0.2, 0.25) is 0 Å². The largest absolute Gasteiger partial charge is 0.341 e. The zero-order valence-corrected chi connectivity index (χ0v) is 15.2. The van der Waals surface area contributed by atoms with Gasteiger partial charge < -0.3 is 20.9 Å². The predicted molar refractivity (Wildman–Crippen MR) is 104 cm³/mol. The Morgan fingerprint density at radius 3 is 2.32 bits per heavy atom. The second-order valence-electron chi connectivity index (χ2n) is 6.44. The molecule has 0 atom stereocenters. The van der Waals surface area contributed by atoms with Crippen molar-refractivity contribution in [2.75, 3.05) is 30.3 Å². The maximum absolute atomic E-state index is 13.2. The van der Waals surface area contributed by atoms with E-state index in [9.17, 15) is 18.8 Å². The van der Waals surface area contributed by atoms with E-state index in [1.807, 2.05) is 0 Å². The summed E-state index contributed by atoms with van der Waals surface area (Å²) in [5, 5.41) is 7.71. The van der Waals surface area contributed by atoms with Gasteiger partial charge in [-0.05, 0) is 49.2 Å². The molecule has 146 valence electrons. The fourth-order valence-corrected chi connectivity index (χ4v) is 2.92. The molecule has 1 heterocycles. The number of urea groups is 1. The third-order valence-corrected chi connectivity index (χ3v) is 4.32. The predicted octanol–water partition coefficient (Wildman–Crippen LogP) is 2.82. The van der Waals surface area contributed by atoms with Crippen LogP contribution in [0.4, 0.5) is 20.6 Å². The molecule has 0 unspecified atom stereocenters. The van der Waals surface area contributed by atoms with Crippen molar-refractivity contribution >= 4 is 29.2 Å². The Balaban J connectivity index is 1.54. The zero-order valence-electron chi connectivity index (χ0n) is 15.2. The lowest BCUT2D eigenvalue weighted by Crippen LogP contribution is -2.40. The first-order chi connectivity index (χ1) is 13.5. The number of halogens is 1. The second kappa shape index (κ2) is 8.98. The van der Waals surface area contributed by atoms with E-state index in [1.165, 1.54) is 24.3 Å². The van der Waals surface area contributed by atoms with Gasteiger partial charge in [0.15, 0.2) is 0 Å². The molecule has 1 aliphatic heterocycles. The lowest BCUT2D eigenvalue weighted by molar-refractivity contribution is -0.128. The van der Waals surface area contributed by atoms with E-state index in [2.05, 4.69) is 16.0 Å². The molecule has 7 nitrogen and oxygen atoms in total. The first-order valence-corrected chi connectivity index (χ1v) is 9.01. The molecular formula is C20H21FN4O3. The summed E-state index contributed by atoms with van der Waals surface area (Å²) in [5.41, 5.74) is 1.04. The molecule has 0 radical (unpaired) electrons. The Morgan fingerprint density at radius 1 is 0.929 bits per heavy atom. The molecule has 0 saturated carbocycles. The number of nitrogens with one attached hydrogen (secondary N) is 3. The highest BCUT2D eigenvalue weighted by Crippen LogP contribution is 2.14. The monoisotopic (exact) mass is 384 g/mol. The third-order valence-electron chi connectivity index (χ3n) is 4.32. The minimum atomic E-state index is -0.532. The highest BCUT2D eigenvalue weighted by atomic mass is 19.1. The minimum Gasteiger partial charge on any atom is -0.341 e. The molecule has 0 bridgehead atoms. The number of nitrogens with zero attached hydrogens (tertiary/aromatic N) is 1. The fraction of sp³-hybridized carbons (Fsp3) is 0.250. The smallest absolute Gasteiger partial charge is 0.319 e. The molecule has 3 N–H and O–H groups in total. The standard InChI is InChI=1S/C20H21FN4O3/c21-15-6-4-8-17(12-15)23-19(27)14-5-3-7-16(11-14)24-20(28)22-13-18(26)25-9-1-2-10-25/h3-8,11-12H,1-2,9-10,13H2,(H,23,27)(H2,22,24,28). The van der Waals surface area contributed by atoms with Gasteiger partial charge >= 0.3 is 6.03 Å². The number of carbonyl (C=O) groups excluding carboxylic acids is 3. The number of amides is 4. The Labute approximate surface area is 161 Å². The third kappa shape index (κ3) is 5.29. The van der Waals surface area contributed by atoms with Gasteiger partial charge in [-0.2, -0.15) is 0 Å². The number of carbonyl (C=O) groups is 3. The van der Waals surface area contributed by atoms with E-state index < -0.39 is 17.8 Å². The number of hydrogen-bond acceptors (Lipinski definition) is 3. The van der Waals surface area contributed by atoms with Crippen LogP contribution in [0.5, 0.6) is 0 Å². The summed E-state index contributed by atoms with van der Waals surface area (Å²) in [6.45, 7) is 1.38. The molecule has 2 aromatic rings. The molecular weight excluding hydrogens is 363 g/mol. The molecule has 0 aliphatic carbocycles. The van der Waals surface area contributed by atoms with Crippen molar-refractivity contribution in [1.82, 2.24) is 10.2 Å². The highest BCUT2D eigenvalue weighted by molar-refractivity contribution is 6.05. The number of hydrogen-bond donors (Lipinski definition) is 3. The average Bonchev–Trinajstić information content (AvgIpc) is 3.21. The van der Waals surface area contributed by atoms with Gasteiger partial charge in [-0.1, -0.05) is 12.1 Å². The van der Waals surface area contributed by atoms with Gasteiger partial charge in [0, 0.05) is 30.0 Å². The molecule has 1 saturated heterocycles. The van der Waals surface area contributed by atoms with Crippen molar-refractivity contribution in [2.45, 2.75) is 12.8 Å². The highest BCUT2D eigenvalue weighted by Gasteiger charge is 2.18. The minimum absolute atomic E-state index is 0.0778. The van der Waals surface area contributed by atoms with Crippen LogP contribution in [0, 0.1) is 5.82 Å². The van der Waals surface area contributed by atoms with Gasteiger partial charge in [-0.15, -0.1) is 0 Å². The normalized spacial score (nSPS) is 13.1. The molecule has 0 aromatic heterocycles. The first kappa shape index (κ1) is 19.3. The topological polar surface area (TPSA) is 90.5 Å². The van der Waals surface area contributed by atoms with Crippen LogP contribution in [0.3, 0.4) is 0 Å². The van der Waals surface area contributed by atoms with Crippen LogP contribution in [-0.4, -0.2) is 42.4 Å². The average molecular weight is 384 g/mol. The quantitative estimate of drug-likeness (QED) is 0.740. The summed E-state index contributed by atoms with van der Waals surface area (Å²) >= 11 is 0. The van der Waals surface area contributed by atoms with E-state index in [1.54, 1.807) is 29.2 Å². The Bertz CT molecular complexity index is 881. The molecule has 3 rings (SSSR count). The molecule has 1 aliphatic rings. The molecule has 4 amide bonds. The van der Waals surface area contributed by atoms with Crippen LogP contribution < -0.4 is 16.0 Å². The maximum Gasteiger partial charge on any atom is 0.319 e. The molecule has 28 heavy (non-hydrogen) atoms. The van der Waals surface area contributed by atoms with Crippen LogP contribution in [0.1, 0.15) is 23.2 Å². The van der Waals surface area contributed by atoms with Gasteiger partial charge in [-0.25, -0.2) is 9.18 Å². The Morgan fingerprint density at radius 2 is 1.61 bits per heavy atom. The molecule has 8 heteroatoms. The lowest BCUT2D eigenvalue weighted by atomic mass is 10.2. The summed E-state index contributed by atoms with van der Waals surface area (Å²) < 4.78 is 13.2. The number of rotatable bonds is 5. The van der Waals surface area contributed by atoms with Gasteiger partial charge in [0.2, 0.25) is 5.91 Å². The van der Waals surface area contributed by atoms with E-state index >= 15 is 0 Å². The van der Waals surface area contributed by atoms with Gasteiger partial charge in [0.05, 0.1) is 6.54 Å². The van der Waals surface area contributed by atoms with Crippen LogP contribution in [0.15, 0.2) is 48.5 Å². The Kier molecular flexibility index (Phi) is 6.21. The summed E-state index contributed by atoms with van der Waals surface area (Å²) in [7, 11) is 0. The maximum atomic E-state index is 13.2. The van der Waals surface area contributed by atoms with Gasteiger partial charge in [-0.3, -0.25) is 9.59 Å². The van der Waals surface area contributed by atoms with Gasteiger partial charge in [0.25, 0.3) is 5.91 Å². The number of benzene rings is 2. The van der Waals surface area contributed by atoms with E-state index in [0.717, 1.165) is 25.9 Å². The number of likely N-dealkylation sites (tertiary alicyclic amines) is 1. The second-order valence-corrected chi connectivity index (χ2v) is 6.44. The van der Waals surface area contributed by atoms with Crippen molar-refractivity contribution in [3.05, 3.63) is 59.9 Å². The van der Waals surface area contributed by atoms with Crippen LogP contribution in [-0.2, 0) is 4.79 Å². The SMILES string of the molecule is O=C(NCC(=O)N1CCCC1)Nc1cccc(C(=O)Nc2cccc(F)c2)c1. The van der Waals surface area contributed by atoms with E-state index in [-0.39, 0.29) is 12.5 Å². The van der Waals surface area contributed by atoms with Gasteiger partial charge in [0.1, 0.15) is 5.82 Å². The van der Waals surface area contributed by atoms with Crippen molar-refractivity contribution in [1.29, 1.82) is 0 Å². The molecule has 2 aromatic carbocycles. The summed E-state index contributed by atoms with van der Waals surface area (Å²) in [5.74, 6) is -0.997. The summed E-state index contributed by atoms with van der Waals surface area (Å²) in [4.78, 5) is 38.0. The lowest BCUT2D eigenvalue weighted by Gasteiger charge is -2.15.